The quantitative estimate of drug-likeness (QED) is 0.349. The second-order valence-corrected chi connectivity index (χ2v) is 13.2. The van der Waals surface area contributed by atoms with Gasteiger partial charge < -0.3 is 9.62 Å². The average molecular weight is 526 g/mol. The number of fused-ring (bicyclic) bond motifs is 4. The van der Waals surface area contributed by atoms with E-state index >= 15 is 0 Å². The van der Waals surface area contributed by atoms with E-state index in [0.717, 1.165) is 41.2 Å². The van der Waals surface area contributed by atoms with Crippen LogP contribution in [0.3, 0.4) is 0 Å². The molecule has 1 spiro atoms. The van der Waals surface area contributed by atoms with Crippen molar-refractivity contribution in [1.82, 2.24) is 9.88 Å². The van der Waals surface area contributed by atoms with Gasteiger partial charge in [0.2, 0.25) is 0 Å². The molecule has 38 heavy (non-hydrogen) atoms. The first-order valence-corrected chi connectivity index (χ1v) is 15.0. The number of pyridine rings is 1. The lowest BCUT2D eigenvalue weighted by Gasteiger charge is -2.48. The highest BCUT2D eigenvalue weighted by Crippen LogP contribution is 2.62. The molecule has 2 heterocycles. The molecule has 1 aromatic heterocycles. The van der Waals surface area contributed by atoms with E-state index in [1.54, 1.807) is 0 Å². The number of benzene rings is 2. The van der Waals surface area contributed by atoms with E-state index in [1.165, 1.54) is 59.9 Å². The highest BCUT2D eigenvalue weighted by Gasteiger charge is 2.56. The second kappa shape index (κ2) is 10.1. The van der Waals surface area contributed by atoms with Crippen molar-refractivity contribution < 1.29 is 4.79 Å². The van der Waals surface area contributed by atoms with Crippen LogP contribution >= 0.6 is 11.9 Å². The normalized spacial score (nSPS) is 20.8. The summed E-state index contributed by atoms with van der Waals surface area (Å²) < 4.78 is 3.49. The predicted octanol–water partition coefficient (Wildman–Crippen LogP) is 8.23. The Kier molecular flexibility index (Phi) is 6.75. The zero-order valence-corrected chi connectivity index (χ0v) is 23.9. The maximum Gasteiger partial charge on any atom is 0.254 e. The molecular weight excluding hydrogens is 486 g/mol. The fourth-order valence-corrected chi connectivity index (χ4v) is 7.34. The van der Waals surface area contributed by atoms with Gasteiger partial charge in [0, 0.05) is 28.1 Å². The number of carbonyl (C=O) groups is 1. The number of anilines is 1. The number of aryl methyl sites for hydroxylation is 3. The van der Waals surface area contributed by atoms with Crippen molar-refractivity contribution >= 4 is 23.7 Å². The molecule has 0 saturated heterocycles. The summed E-state index contributed by atoms with van der Waals surface area (Å²) in [5, 5.41) is 0. The summed E-state index contributed by atoms with van der Waals surface area (Å²) in [7, 11) is 0. The molecule has 1 atom stereocenters. The molecule has 4 nitrogen and oxygen atoms in total. The van der Waals surface area contributed by atoms with Crippen molar-refractivity contribution in [2.24, 2.45) is 11.3 Å². The van der Waals surface area contributed by atoms with Gasteiger partial charge in [0.1, 0.15) is 5.82 Å². The minimum atomic E-state index is 0.207. The third-order valence-electron chi connectivity index (χ3n) is 8.80. The van der Waals surface area contributed by atoms with E-state index in [4.69, 9.17) is 4.98 Å². The van der Waals surface area contributed by atoms with Crippen LogP contribution in [0.25, 0.3) is 11.3 Å². The van der Waals surface area contributed by atoms with Crippen LogP contribution in [-0.2, 0) is 6.42 Å². The molecule has 2 aromatic carbocycles. The number of carbonyl (C=O) groups excluding carboxylic acids is 1. The molecule has 1 unspecified atom stereocenters. The molecule has 1 amide bonds. The van der Waals surface area contributed by atoms with Gasteiger partial charge in [-0.25, -0.2) is 4.98 Å². The third-order valence-corrected chi connectivity index (χ3v) is 9.60. The Morgan fingerprint density at radius 1 is 1.05 bits per heavy atom. The fraction of sp³-hybridized carbons (Fsp3) is 0.455. The maximum absolute atomic E-state index is 14.2. The Morgan fingerprint density at radius 2 is 1.79 bits per heavy atom. The molecule has 6 rings (SSSR count). The molecule has 1 aliphatic heterocycles. The third kappa shape index (κ3) is 5.10. The molecule has 3 aliphatic rings. The molecule has 1 N–H and O–H groups in total. The van der Waals surface area contributed by atoms with Crippen LogP contribution in [0.2, 0.25) is 0 Å². The first-order chi connectivity index (χ1) is 18.3. The van der Waals surface area contributed by atoms with Gasteiger partial charge in [-0.15, -0.1) is 0 Å². The van der Waals surface area contributed by atoms with Gasteiger partial charge in [0.05, 0.1) is 5.69 Å². The van der Waals surface area contributed by atoms with E-state index in [2.05, 4.69) is 79.8 Å². The van der Waals surface area contributed by atoms with Crippen molar-refractivity contribution in [1.29, 1.82) is 0 Å². The largest absolute Gasteiger partial charge is 0.333 e. The Bertz CT molecular complexity index is 1330. The van der Waals surface area contributed by atoms with Gasteiger partial charge in [-0.2, -0.15) is 0 Å². The summed E-state index contributed by atoms with van der Waals surface area (Å²) in [6.07, 6.45) is 7.98. The maximum atomic E-state index is 14.2. The van der Waals surface area contributed by atoms with Crippen LogP contribution < -0.4 is 4.72 Å². The van der Waals surface area contributed by atoms with Crippen LogP contribution in [0.1, 0.15) is 79.4 Å². The Hall–Kier alpha value is -2.79. The van der Waals surface area contributed by atoms with Crippen LogP contribution in [0.5, 0.6) is 0 Å². The number of aromatic nitrogens is 1. The SMILES string of the molecule is Cc1cccc(C)c1-c1cc2cc(n1)NSc1cccc(c1)C(=O)N(C1CC3(CC3)C1)C(CC(C)C)CC2. The summed E-state index contributed by atoms with van der Waals surface area (Å²) in [6.45, 7) is 8.91. The number of amides is 1. The number of hydrogen-bond acceptors (Lipinski definition) is 4. The lowest BCUT2D eigenvalue weighted by Crippen LogP contribution is -2.54. The molecule has 198 valence electrons. The first-order valence-electron chi connectivity index (χ1n) is 14.2. The average Bonchev–Trinajstić information content (AvgIpc) is 3.66. The monoisotopic (exact) mass is 525 g/mol. The smallest absolute Gasteiger partial charge is 0.254 e. The number of nitrogens with zero attached hydrogens (tertiary/aromatic N) is 2. The van der Waals surface area contributed by atoms with Gasteiger partial charge in [0.25, 0.3) is 5.91 Å². The van der Waals surface area contributed by atoms with Crippen LogP contribution in [0.4, 0.5) is 5.82 Å². The van der Waals surface area contributed by atoms with Crippen LogP contribution in [0, 0.1) is 25.2 Å². The first kappa shape index (κ1) is 25.5. The molecule has 2 fully saturated rings. The molecule has 3 aromatic rings. The fourth-order valence-electron chi connectivity index (χ4n) is 6.68. The lowest BCUT2D eigenvalue weighted by atomic mass is 9.74. The van der Waals surface area contributed by atoms with Gasteiger partial charge >= 0.3 is 0 Å². The standard InChI is InChI=1S/C33H39N3OS/c1-21(2)15-26-12-11-24-16-29(31-22(3)7-5-8-23(31)4)34-30(17-24)35-38-28-10-6-9-25(18-28)32(37)36(26)27-19-33(20-27)13-14-33/h5-10,16-18,21,26-27H,11-15,19-20H2,1-4H3,(H,34,35). The molecule has 0 radical (unpaired) electrons. The van der Waals surface area contributed by atoms with E-state index in [9.17, 15) is 4.79 Å². The van der Waals surface area contributed by atoms with Gasteiger partial charge in [-0.3, -0.25) is 4.79 Å². The summed E-state index contributed by atoms with van der Waals surface area (Å²) in [5.74, 6) is 1.61. The molecule has 2 aliphatic carbocycles. The predicted molar refractivity (Wildman–Crippen MR) is 157 cm³/mol. The minimum absolute atomic E-state index is 0.207. The van der Waals surface area contributed by atoms with Crippen molar-refractivity contribution in [3.63, 3.8) is 0 Å². The molecule has 4 bridgehead atoms. The van der Waals surface area contributed by atoms with Crippen LogP contribution in [-0.4, -0.2) is 27.9 Å². The topological polar surface area (TPSA) is 45.2 Å². The van der Waals surface area contributed by atoms with E-state index in [-0.39, 0.29) is 11.9 Å². The highest BCUT2D eigenvalue weighted by atomic mass is 32.2. The van der Waals surface area contributed by atoms with Crippen LogP contribution in [0.15, 0.2) is 59.5 Å². The van der Waals surface area contributed by atoms with E-state index < -0.39 is 0 Å². The zero-order chi connectivity index (χ0) is 26.4. The second-order valence-electron chi connectivity index (χ2n) is 12.3. The van der Waals surface area contributed by atoms with Gasteiger partial charge in [0.15, 0.2) is 0 Å². The van der Waals surface area contributed by atoms with Gasteiger partial charge in [-0.1, -0.05) is 38.1 Å². The number of rotatable bonds is 4. The summed E-state index contributed by atoms with van der Waals surface area (Å²) in [6, 6.07) is 19.7. The Morgan fingerprint density at radius 3 is 2.50 bits per heavy atom. The van der Waals surface area contributed by atoms with E-state index in [1.807, 2.05) is 12.1 Å². The lowest BCUT2D eigenvalue weighted by molar-refractivity contribution is 0.0183. The summed E-state index contributed by atoms with van der Waals surface area (Å²) in [5.41, 5.74) is 7.36. The van der Waals surface area contributed by atoms with Crippen molar-refractivity contribution in [3.05, 3.63) is 76.9 Å². The number of nitrogens with one attached hydrogen (secondary N) is 1. The Labute approximate surface area is 231 Å². The number of hydrogen-bond donors (Lipinski definition) is 1. The highest BCUT2D eigenvalue weighted by molar-refractivity contribution is 8.00. The molecular formula is C33H39N3OS. The van der Waals surface area contributed by atoms with Crippen molar-refractivity contribution in [3.8, 4) is 11.3 Å². The summed E-state index contributed by atoms with van der Waals surface area (Å²) >= 11 is 1.53. The van der Waals surface area contributed by atoms with Gasteiger partial charge in [-0.05, 0) is 129 Å². The Balaban J connectivity index is 1.41. The molecule has 2 saturated carbocycles. The van der Waals surface area contributed by atoms with Crippen molar-refractivity contribution in [2.75, 3.05) is 4.72 Å². The molecule has 5 heteroatoms. The zero-order valence-electron chi connectivity index (χ0n) is 23.1. The summed E-state index contributed by atoms with van der Waals surface area (Å²) in [4.78, 5) is 22.5. The van der Waals surface area contributed by atoms with E-state index in [0.29, 0.717) is 17.4 Å². The van der Waals surface area contributed by atoms with Crippen molar-refractivity contribution in [2.45, 2.75) is 89.6 Å². The minimum Gasteiger partial charge on any atom is -0.333 e.